The predicted octanol–water partition coefficient (Wildman–Crippen LogP) is 6.89. The molecular formula is C32H41NO6. The van der Waals surface area contributed by atoms with Crippen molar-refractivity contribution in [3.05, 3.63) is 57.2 Å². The average molecular weight is 536 g/mol. The van der Waals surface area contributed by atoms with Crippen molar-refractivity contribution in [2.45, 2.75) is 99.5 Å². The van der Waals surface area contributed by atoms with Gasteiger partial charge in [0.2, 0.25) is 0 Å². The van der Waals surface area contributed by atoms with E-state index in [2.05, 4.69) is 0 Å². The van der Waals surface area contributed by atoms with E-state index in [0.29, 0.717) is 76.2 Å². The summed E-state index contributed by atoms with van der Waals surface area (Å²) in [6.45, 7) is 17.6. The molecule has 0 amide bonds. The maximum atomic E-state index is 13.5. The Morgan fingerprint density at radius 3 is 1.82 bits per heavy atom. The Hall–Kier alpha value is -3.19. The minimum atomic E-state index is -1.05. The summed E-state index contributed by atoms with van der Waals surface area (Å²) in [5, 5.41) is 10.6. The predicted molar refractivity (Wildman–Crippen MR) is 151 cm³/mol. The van der Waals surface area contributed by atoms with E-state index in [-0.39, 0.29) is 33.5 Å². The van der Waals surface area contributed by atoms with Crippen LogP contribution in [0.5, 0.6) is 0 Å². The molecule has 0 saturated heterocycles. The van der Waals surface area contributed by atoms with Crippen molar-refractivity contribution in [3.63, 3.8) is 0 Å². The summed E-state index contributed by atoms with van der Waals surface area (Å²) in [5.74, 6) is -0.0261. The first kappa shape index (κ1) is 28.8. The lowest BCUT2D eigenvalue weighted by atomic mass is 9.65. The second-order valence-electron chi connectivity index (χ2n) is 14.0. The Kier molecular flexibility index (Phi) is 7.00. The molecule has 7 heteroatoms. The SMILES string of the molecule is CC(C)(C)N.Cc1cc2c(C)c(C(=O)O)cc(C3C4=C(CC(C)(C)CC4=O)OC4=C3C(=O)CC(C)(C)C4)c2o1. The minimum absolute atomic E-state index is 0. The Morgan fingerprint density at radius 2 is 1.38 bits per heavy atom. The van der Waals surface area contributed by atoms with Gasteiger partial charge in [0.15, 0.2) is 11.6 Å². The molecule has 7 nitrogen and oxygen atoms in total. The molecule has 210 valence electrons. The normalized spacial score (nSPS) is 20.8. The van der Waals surface area contributed by atoms with E-state index < -0.39 is 11.9 Å². The molecule has 5 rings (SSSR count). The van der Waals surface area contributed by atoms with Gasteiger partial charge in [0.1, 0.15) is 22.9 Å². The maximum Gasteiger partial charge on any atom is 0.335 e. The number of ketones is 2. The lowest BCUT2D eigenvalue weighted by molar-refractivity contribution is -0.120. The Balaban J connectivity index is 0.000000648. The van der Waals surface area contributed by atoms with Crippen molar-refractivity contribution in [2.75, 3.05) is 0 Å². The van der Waals surface area contributed by atoms with Crippen LogP contribution < -0.4 is 5.73 Å². The number of ether oxygens (including phenoxy) is 1. The van der Waals surface area contributed by atoms with Gasteiger partial charge in [-0.25, -0.2) is 4.79 Å². The number of benzene rings is 1. The number of nitrogens with two attached hydrogens (primary N) is 1. The van der Waals surface area contributed by atoms with Crippen LogP contribution in [-0.4, -0.2) is 28.2 Å². The standard InChI is InChI=1S/C28H30O6.C4H11N/c1-13-7-15-14(2)16(26(31)32)8-17(25(15)33-13)22-23-18(29)9-27(3,4)11-20(23)34-21-12-28(5,6)10-19(30)24(21)22;1-4(2,3)5/h7-8,22H,9-12H2,1-6H3,(H,31,32);5H2,1-3H3. The Labute approximate surface area is 230 Å². The number of allylic oxidation sites excluding steroid dienone is 4. The number of carboxylic acid groups (broad SMARTS) is 1. The van der Waals surface area contributed by atoms with Crippen molar-refractivity contribution in [2.24, 2.45) is 16.6 Å². The van der Waals surface area contributed by atoms with E-state index in [0.717, 1.165) is 0 Å². The molecule has 0 unspecified atom stereocenters. The third-order valence-corrected chi connectivity index (χ3v) is 7.35. The smallest absolute Gasteiger partial charge is 0.335 e. The van der Waals surface area contributed by atoms with Crippen molar-refractivity contribution in [3.8, 4) is 0 Å². The van der Waals surface area contributed by atoms with Gasteiger partial charge in [-0.3, -0.25) is 9.59 Å². The van der Waals surface area contributed by atoms with Crippen LogP contribution in [0.1, 0.15) is 107 Å². The van der Waals surface area contributed by atoms with Crippen LogP contribution in [0, 0.1) is 24.7 Å². The maximum absolute atomic E-state index is 13.5. The number of carboxylic acids is 1. The van der Waals surface area contributed by atoms with Crippen LogP contribution in [0.3, 0.4) is 0 Å². The second kappa shape index (κ2) is 9.47. The third kappa shape index (κ3) is 5.74. The summed E-state index contributed by atoms with van der Waals surface area (Å²) in [4.78, 5) is 39.2. The highest BCUT2D eigenvalue weighted by Gasteiger charge is 2.48. The van der Waals surface area contributed by atoms with E-state index in [4.69, 9.17) is 14.9 Å². The van der Waals surface area contributed by atoms with Crippen LogP contribution in [0.25, 0.3) is 11.0 Å². The first-order valence-corrected chi connectivity index (χ1v) is 13.5. The van der Waals surface area contributed by atoms with Gasteiger partial charge in [0, 0.05) is 53.3 Å². The van der Waals surface area contributed by atoms with Gasteiger partial charge in [-0.05, 0) is 63.1 Å². The van der Waals surface area contributed by atoms with Gasteiger partial charge in [-0.2, -0.15) is 0 Å². The highest BCUT2D eigenvalue weighted by molar-refractivity contribution is 6.08. The highest BCUT2D eigenvalue weighted by atomic mass is 16.5. The summed E-state index contributed by atoms with van der Waals surface area (Å²) in [7, 11) is 0. The zero-order valence-electron chi connectivity index (χ0n) is 24.6. The van der Waals surface area contributed by atoms with Gasteiger partial charge in [-0.15, -0.1) is 0 Å². The van der Waals surface area contributed by atoms with Crippen molar-refractivity contribution in [1.29, 1.82) is 0 Å². The molecule has 0 radical (unpaired) electrons. The van der Waals surface area contributed by atoms with Crippen molar-refractivity contribution in [1.82, 2.24) is 0 Å². The number of hydrogen-bond acceptors (Lipinski definition) is 6. The summed E-state index contributed by atoms with van der Waals surface area (Å²) in [5.41, 5.74) is 7.61. The summed E-state index contributed by atoms with van der Waals surface area (Å²) in [6.07, 6.45) is 1.83. The molecule has 0 fully saturated rings. The zero-order valence-corrected chi connectivity index (χ0v) is 24.6. The van der Waals surface area contributed by atoms with Gasteiger partial charge in [0.05, 0.1) is 11.5 Å². The molecule has 0 spiro atoms. The van der Waals surface area contributed by atoms with E-state index in [1.807, 2.05) is 61.5 Å². The summed E-state index contributed by atoms with van der Waals surface area (Å²) in [6, 6.07) is 3.41. The summed E-state index contributed by atoms with van der Waals surface area (Å²) >= 11 is 0. The molecule has 0 bridgehead atoms. The second-order valence-corrected chi connectivity index (χ2v) is 14.0. The van der Waals surface area contributed by atoms with Crippen LogP contribution in [-0.2, 0) is 14.3 Å². The van der Waals surface area contributed by atoms with E-state index in [9.17, 15) is 19.5 Å². The van der Waals surface area contributed by atoms with E-state index >= 15 is 0 Å². The fraction of sp³-hybridized carbons (Fsp3) is 0.531. The third-order valence-electron chi connectivity index (χ3n) is 7.35. The number of aromatic carboxylic acids is 1. The largest absolute Gasteiger partial charge is 0.478 e. The number of Topliss-reactive ketones (excluding diaryl/α,β-unsaturated/α-hetero) is 2. The van der Waals surface area contributed by atoms with Crippen LogP contribution >= 0.6 is 0 Å². The van der Waals surface area contributed by atoms with Crippen LogP contribution in [0.2, 0.25) is 0 Å². The lowest BCUT2D eigenvalue weighted by Crippen LogP contribution is -2.37. The van der Waals surface area contributed by atoms with Crippen molar-refractivity contribution >= 4 is 28.5 Å². The molecule has 0 saturated carbocycles. The molecule has 3 N–H and O–H groups in total. The van der Waals surface area contributed by atoms with Gasteiger partial charge in [0.25, 0.3) is 0 Å². The van der Waals surface area contributed by atoms with E-state index in [1.54, 1.807) is 13.0 Å². The monoisotopic (exact) mass is 535 g/mol. The van der Waals surface area contributed by atoms with Crippen LogP contribution in [0.15, 0.2) is 39.2 Å². The fourth-order valence-electron chi connectivity index (χ4n) is 5.90. The number of hydrogen-bond donors (Lipinski definition) is 2. The van der Waals surface area contributed by atoms with Crippen LogP contribution in [0.4, 0.5) is 0 Å². The molecular weight excluding hydrogens is 494 g/mol. The fourth-order valence-corrected chi connectivity index (χ4v) is 5.90. The van der Waals surface area contributed by atoms with Gasteiger partial charge in [-0.1, -0.05) is 27.7 Å². The Morgan fingerprint density at radius 1 is 0.923 bits per heavy atom. The van der Waals surface area contributed by atoms with Crippen molar-refractivity contribution < 1.29 is 28.6 Å². The molecule has 2 aromatic rings. The van der Waals surface area contributed by atoms with E-state index in [1.165, 1.54) is 0 Å². The number of furan rings is 1. The topological polar surface area (TPSA) is 120 Å². The molecule has 1 aliphatic heterocycles. The Bertz CT molecular complexity index is 1400. The molecule has 2 aliphatic carbocycles. The highest BCUT2D eigenvalue weighted by Crippen LogP contribution is 2.54. The number of rotatable bonds is 2. The first-order valence-electron chi connectivity index (χ1n) is 13.5. The molecule has 0 atom stereocenters. The lowest BCUT2D eigenvalue weighted by Gasteiger charge is -2.42. The van der Waals surface area contributed by atoms with Gasteiger partial charge >= 0.3 is 5.97 Å². The summed E-state index contributed by atoms with van der Waals surface area (Å²) < 4.78 is 12.4. The number of aryl methyl sites for hydroxylation is 2. The molecule has 3 aliphatic rings. The average Bonchev–Trinajstić information content (AvgIpc) is 3.11. The van der Waals surface area contributed by atoms with Gasteiger partial charge < -0.3 is 20.0 Å². The number of carbonyl (C=O) groups excluding carboxylic acids is 2. The zero-order chi connectivity index (χ0) is 29.2. The minimum Gasteiger partial charge on any atom is -0.478 e. The number of carbonyl (C=O) groups is 3. The first-order chi connectivity index (χ1) is 17.8. The quantitative estimate of drug-likeness (QED) is 0.429. The molecule has 1 aromatic carbocycles. The molecule has 2 heterocycles. The molecule has 1 aromatic heterocycles. The molecule has 39 heavy (non-hydrogen) atoms. The number of fused-ring (bicyclic) bond motifs is 1.